The highest BCUT2D eigenvalue weighted by Crippen LogP contribution is 2.31. The van der Waals surface area contributed by atoms with Gasteiger partial charge in [0.1, 0.15) is 9.84 Å². The van der Waals surface area contributed by atoms with Crippen LogP contribution in [0.4, 0.5) is 0 Å². The van der Waals surface area contributed by atoms with Gasteiger partial charge >= 0.3 is 0 Å². The first kappa shape index (κ1) is 18.5. The molecule has 1 amide bonds. The summed E-state index contributed by atoms with van der Waals surface area (Å²) in [5, 5.41) is 2.92. The van der Waals surface area contributed by atoms with Crippen LogP contribution in [-0.2, 0) is 14.6 Å². The zero-order chi connectivity index (χ0) is 15.9. The zero-order valence-corrected chi connectivity index (χ0v) is 14.5. The van der Waals surface area contributed by atoms with Crippen LogP contribution in [0.3, 0.4) is 0 Å². The fraction of sp³-hybridized carbons (Fsp3) is 0.938. The van der Waals surface area contributed by atoms with Crippen molar-refractivity contribution in [2.24, 2.45) is 17.8 Å². The van der Waals surface area contributed by atoms with Crippen LogP contribution in [0.2, 0.25) is 0 Å². The third-order valence-corrected chi connectivity index (χ3v) is 5.47. The van der Waals surface area contributed by atoms with Crippen molar-refractivity contribution in [3.8, 4) is 0 Å². The Morgan fingerprint density at radius 3 is 2.33 bits per heavy atom. The Kier molecular flexibility index (Phi) is 7.71. The van der Waals surface area contributed by atoms with E-state index in [1.54, 1.807) is 0 Å². The van der Waals surface area contributed by atoms with Gasteiger partial charge in [0.05, 0.1) is 5.75 Å². The Morgan fingerprint density at radius 1 is 1.19 bits per heavy atom. The van der Waals surface area contributed by atoms with Crippen molar-refractivity contribution < 1.29 is 13.2 Å². The predicted molar refractivity (Wildman–Crippen MR) is 86.9 cm³/mol. The van der Waals surface area contributed by atoms with E-state index < -0.39 is 9.84 Å². The maximum atomic E-state index is 12.3. The molecular weight excluding hydrogens is 286 g/mol. The molecule has 5 heteroatoms. The molecule has 1 atom stereocenters. The smallest absolute Gasteiger partial charge is 0.223 e. The summed E-state index contributed by atoms with van der Waals surface area (Å²) in [7, 11) is -2.93. The fourth-order valence-corrected chi connectivity index (χ4v) is 3.81. The van der Waals surface area contributed by atoms with Crippen molar-refractivity contribution >= 4 is 15.7 Å². The van der Waals surface area contributed by atoms with Gasteiger partial charge in [-0.1, -0.05) is 46.0 Å². The van der Waals surface area contributed by atoms with Gasteiger partial charge in [0.15, 0.2) is 0 Å². The lowest BCUT2D eigenvalue weighted by Gasteiger charge is -2.28. The summed E-state index contributed by atoms with van der Waals surface area (Å²) in [6.45, 7) is 4.66. The lowest BCUT2D eigenvalue weighted by molar-refractivity contribution is -0.127. The second kappa shape index (κ2) is 8.76. The second-order valence-corrected chi connectivity index (χ2v) is 9.12. The minimum atomic E-state index is -2.93. The number of carbonyl (C=O) groups is 1. The topological polar surface area (TPSA) is 63.2 Å². The number of rotatable bonds is 8. The summed E-state index contributed by atoms with van der Waals surface area (Å²) in [5.74, 6) is 1.33. The highest BCUT2D eigenvalue weighted by molar-refractivity contribution is 7.90. The summed E-state index contributed by atoms with van der Waals surface area (Å²) in [6.07, 6.45) is 9.15. The van der Waals surface area contributed by atoms with Gasteiger partial charge < -0.3 is 5.32 Å². The Balaban J connectivity index is 2.38. The molecule has 1 unspecified atom stereocenters. The lowest BCUT2D eigenvalue weighted by atomic mass is 9.79. The molecule has 124 valence electrons. The third kappa shape index (κ3) is 7.84. The molecule has 0 aromatic heterocycles. The summed E-state index contributed by atoms with van der Waals surface area (Å²) >= 11 is 0. The molecule has 0 radical (unpaired) electrons. The molecule has 0 spiro atoms. The van der Waals surface area contributed by atoms with E-state index in [1.807, 2.05) is 0 Å². The third-order valence-electron chi connectivity index (χ3n) is 4.44. The van der Waals surface area contributed by atoms with Crippen LogP contribution < -0.4 is 5.32 Å². The van der Waals surface area contributed by atoms with Crippen molar-refractivity contribution in [3.63, 3.8) is 0 Å². The second-order valence-electron chi connectivity index (χ2n) is 6.86. The molecular formula is C16H31NO3S. The minimum Gasteiger partial charge on any atom is -0.356 e. The molecule has 4 nitrogen and oxygen atoms in total. The zero-order valence-electron chi connectivity index (χ0n) is 13.7. The molecule has 0 aromatic carbocycles. The van der Waals surface area contributed by atoms with Gasteiger partial charge in [-0.25, -0.2) is 8.42 Å². The van der Waals surface area contributed by atoms with Gasteiger partial charge in [-0.3, -0.25) is 4.79 Å². The number of sulfone groups is 1. The number of nitrogens with one attached hydrogen (secondary N) is 1. The molecule has 1 aliphatic carbocycles. The van der Waals surface area contributed by atoms with Crippen molar-refractivity contribution in [1.82, 2.24) is 5.32 Å². The Morgan fingerprint density at radius 2 is 1.81 bits per heavy atom. The maximum Gasteiger partial charge on any atom is 0.223 e. The van der Waals surface area contributed by atoms with Crippen molar-refractivity contribution in [3.05, 3.63) is 0 Å². The van der Waals surface area contributed by atoms with E-state index in [0.717, 1.165) is 6.42 Å². The van der Waals surface area contributed by atoms with Gasteiger partial charge in [0, 0.05) is 18.7 Å². The van der Waals surface area contributed by atoms with E-state index >= 15 is 0 Å². The fourth-order valence-electron chi connectivity index (χ4n) is 3.14. The molecule has 1 fully saturated rings. The van der Waals surface area contributed by atoms with Gasteiger partial charge in [0.25, 0.3) is 0 Å². The number of amides is 1. The van der Waals surface area contributed by atoms with Gasteiger partial charge in [-0.05, 0) is 24.7 Å². The highest BCUT2D eigenvalue weighted by atomic mass is 32.2. The van der Waals surface area contributed by atoms with Gasteiger partial charge in [-0.15, -0.1) is 0 Å². The molecule has 1 saturated carbocycles. The largest absolute Gasteiger partial charge is 0.356 e. The SMILES string of the molecule is CC(C)C(CC1CCCCC1)C(=O)NCCCS(C)(=O)=O. The van der Waals surface area contributed by atoms with Crippen LogP contribution in [0, 0.1) is 17.8 Å². The molecule has 1 aliphatic rings. The minimum absolute atomic E-state index is 0.0614. The van der Waals surface area contributed by atoms with E-state index in [9.17, 15) is 13.2 Å². The van der Waals surface area contributed by atoms with E-state index in [-0.39, 0.29) is 17.6 Å². The highest BCUT2D eigenvalue weighted by Gasteiger charge is 2.26. The van der Waals surface area contributed by atoms with Crippen molar-refractivity contribution in [2.45, 2.75) is 58.8 Å². The van der Waals surface area contributed by atoms with E-state index in [0.29, 0.717) is 24.8 Å². The van der Waals surface area contributed by atoms with Crippen LogP contribution in [0.15, 0.2) is 0 Å². The van der Waals surface area contributed by atoms with Crippen LogP contribution in [-0.4, -0.2) is 32.9 Å². The molecule has 0 aromatic rings. The standard InChI is InChI=1S/C16H31NO3S/c1-13(2)15(12-14-8-5-4-6-9-14)16(18)17-10-7-11-21(3,19)20/h13-15H,4-12H2,1-3H3,(H,17,18). The van der Waals surface area contributed by atoms with Gasteiger partial charge in [-0.2, -0.15) is 0 Å². The molecule has 21 heavy (non-hydrogen) atoms. The molecule has 1 N–H and O–H groups in total. The van der Waals surface area contributed by atoms with Crippen molar-refractivity contribution in [2.75, 3.05) is 18.6 Å². The lowest BCUT2D eigenvalue weighted by Crippen LogP contribution is -2.36. The number of hydrogen-bond acceptors (Lipinski definition) is 3. The molecule has 0 aliphatic heterocycles. The van der Waals surface area contributed by atoms with Crippen LogP contribution >= 0.6 is 0 Å². The summed E-state index contributed by atoms with van der Waals surface area (Å²) in [4.78, 5) is 12.3. The van der Waals surface area contributed by atoms with Crippen LogP contribution in [0.1, 0.15) is 58.8 Å². The van der Waals surface area contributed by atoms with E-state index in [2.05, 4.69) is 19.2 Å². The predicted octanol–water partition coefficient (Wildman–Crippen LogP) is 2.78. The average Bonchev–Trinajstić information content (AvgIpc) is 2.40. The number of hydrogen-bond donors (Lipinski definition) is 1. The summed E-state index contributed by atoms with van der Waals surface area (Å²) < 4.78 is 22.1. The molecule has 0 saturated heterocycles. The Labute approximate surface area is 130 Å². The quantitative estimate of drug-likeness (QED) is 0.700. The summed E-state index contributed by atoms with van der Waals surface area (Å²) in [6, 6.07) is 0. The van der Waals surface area contributed by atoms with Crippen LogP contribution in [0.25, 0.3) is 0 Å². The maximum absolute atomic E-state index is 12.3. The molecule has 1 rings (SSSR count). The monoisotopic (exact) mass is 317 g/mol. The first-order chi connectivity index (χ1) is 9.79. The van der Waals surface area contributed by atoms with E-state index in [4.69, 9.17) is 0 Å². The van der Waals surface area contributed by atoms with E-state index in [1.165, 1.54) is 38.4 Å². The Hall–Kier alpha value is -0.580. The molecule has 0 heterocycles. The summed E-state index contributed by atoms with van der Waals surface area (Å²) in [5.41, 5.74) is 0. The first-order valence-electron chi connectivity index (χ1n) is 8.25. The van der Waals surface area contributed by atoms with Gasteiger partial charge in [0.2, 0.25) is 5.91 Å². The normalized spacial score (nSPS) is 18.7. The number of carbonyl (C=O) groups excluding carboxylic acids is 1. The molecule has 0 bridgehead atoms. The van der Waals surface area contributed by atoms with Crippen molar-refractivity contribution in [1.29, 1.82) is 0 Å². The average molecular weight is 317 g/mol. The Bertz CT molecular complexity index is 411. The van der Waals surface area contributed by atoms with Crippen LogP contribution in [0.5, 0.6) is 0 Å². The first-order valence-corrected chi connectivity index (χ1v) is 10.3.